The average Bonchev–Trinajstić information content (AvgIpc) is 2.28. The van der Waals surface area contributed by atoms with E-state index in [0.717, 1.165) is 0 Å². The molecule has 0 aromatic carbocycles. The Morgan fingerprint density at radius 2 is 1.50 bits per heavy atom. The van der Waals surface area contributed by atoms with Crippen molar-refractivity contribution < 1.29 is 48.3 Å². The van der Waals surface area contributed by atoms with Crippen LogP contribution in [0, 0.1) is 6.92 Å². The fraction of sp³-hybridized carbons (Fsp3) is 0.375. The van der Waals surface area contributed by atoms with E-state index in [2.05, 4.69) is 9.29 Å². The van der Waals surface area contributed by atoms with Crippen LogP contribution in [-0.2, 0) is 26.7 Å². The second kappa shape index (κ2) is 14.1. The van der Waals surface area contributed by atoms with Crippen LogP contribution in [-0.4, -0.2) is 66.4 Å². The van der Waals surface area contributed by atoms with Crippen LogP contribution in [0.2, 0.25) is 0 Å². The molecule has 0 aliphatic rings. The Hall–Kier alpha value is 0.952. The van der Waals surface area contributed by atoms with E-state index in [4.69, 9.17) is 10.2 Å². The Bertz CT molecular complexity index is 560. The minimum absolute atomic E-state index is 0. The topological polar surface area (TPSA) is 209 Å². The molecule has 0 atom stereocenters. The Morgan fingerprint density at radius 1 is 1.08 bits per heavy atom. The first-order valence-electron chi connectivity index (χ1n) is 5.04. The number of rotatable bonds is 4. The van der Waals surface area contributed by atoms with Gasteiger partial charge in [-0.05, 0) is 6.92 Å². The van der Waals surface area contributed by atoms with Crippen LogP contribution in [0.15, 0.2) is 6.20 Å². The fourth-order valence-electron chi connectivity index (χ4n) is 1.12. The van der Waals surface area contributed by atoms with Crippen molar-refractivity contribution in [2.45, 2.75) is 20.1 Å². The van der Waals surface area contributed by atoms with E-state index in [9.17, 15) is 33.8 Å². The first-order chi connectivity index (χ1) is 9.41. The van der Waals surface area contributed by atoms with Gasteiger partial charge in [0.2, 0.25) is 0 Å². The molecule has 11 nitrogen and oxygen atoms in total. The van der Waals surface area contributed by atoms with Gasteiger partial charge < -0.3 is 48.3 Å². The van der Waals surface area contributed by atoms with Crippen molar-refractivity contribution in [3.63, 3.8) is 0 Å². The van der Waals surface area contributed by atoms with Crippen molar-refractivity contribution in [2.24, 2.45) is 0 Å². The second-order valence-corrected chi connectivity index (χ2v) is 5.93. The van der Waals surface area contributed by atoms with Crippen LogP contribution in [0.3, 0.4) is 0 Å². The zero-order valence-corrected chi connectivity index (χ0v) is 17.8. The molecule has 0 aliphatic carbocycles. The first kappa shape index (κ1) is 32.6. The number of nitrogens with zero attached hydrogens (tertiary/aromatic N) is 1. The Balaban J connectivity index is -0.000000153. The Kier molecular flexibility index (Phi) is 19.1. The summed E-state index contributed by atoms with van der Waals surface area (Å²) in [6.45, 7) is 1.12. The molecule has 1 heterocycles. The number of aryl methyl sites for hydroxylation is 1. The standard InChI is InChI=1S/C8H11NO3.ClH.2Mg.H4O7P2/c1-5-8(12)7(4-11)6(3-10)2-9-5;;;;1-8(2,3)7-9(4,5)6/h2,10-12H,3-4H2,1H3;1H;;;(H2,1,2,3)(H2,4,5,6)/q;;2*+2;/p-4. The van der Waals surface area contributed by atoms with Gasteiger partial charge >= 0.3 is 46.1 Å². The van der Waals surface area contributed by atoms with E-state index in [1.165, 1.54) is 6.20 Å². The number of aliphatic hydroxyl groups excluding tert-OH is 2. The van der Waals surface area contributed by atoms with Crippen molar-refractivity contribution in [3.05, 3.63) is 23.0 Å². The molecule has 1 aromatic rings. The van der Waals surface area contributed by atoms with Gasteiger partial charge in [0, 0.05) is 17.3 Å². The molecule has 0 fully saturated rings. The van der Waals surface area contributed by atoms with Crippen LogP contribution < -0.4 is 19.6 Å². The SMILES string of the molecule is Cc1ncc(CO)c(CO)c1O.Cl.O=P([O-])([O-])OP(=O)([O-])[O-].[Mg+2].[Mg+2]. The maximum absolute atomic E-state index is 9.38. The van der Waals surface area contributed by atoms with Crippen LogP contribution in [0.5, 0.6) is 5.75 Å². The quantitative estimate of drug-likeness (QED) is 0.315. The fourth-order valence-corrected chi connectivity index (χ4v) is 2.10. The third-order valence-electron chi connectivity index (χ3n) is 1.96. The number of halogens is 1. The summed E-state index contributed by atoms with van der Waals surface area (Å²) < 4.78 is 21.2. The number of hydrogen-bond donors (Lipinski definition) is 3. The van der Waals surface area contributed by atoms with Gasteiger partial charge in [-0.15, -0.1) is 12.4 Å². The van der Waals surface area contributed by atoms with Gasteiger partial charge in [-0.3, -0.25) is 4.98 Å². The number of aromatic nitrogens is 1. The summed E-state index contributed by atoms with van der Waals surface area (Å²) in [5.41, 5.74) is 1.27. The monoisotopic (exact) mass is 427 g/mol. The molecule has 0 saturated carbocycles. The molecule has 0 saturated heterocycles. The molecular formula is C8H12ClMg2NO10P2. The summed E-state index contributed by atoms with van der Waals surface area (Å²) in [5.74, 6) is -0.0379. The molecular weight excluding hydrogens is 416 g/mol. The van der Waals surface area contributed by atoms with E-state index >= 15 is 0 Å². The number of pyridine rings is 1. The summed E-state index contributed by atoms with van der Waals surface area (Å²) in [6, 6.07) is 0. The van der Waals surface area contributed by atoms with Gasteiger partial charge in [0.25, 0.3) is 0 Å². The predicted octanol–water partition coefficient (Wildman–Crippen LogP) is -3.60. The second-order valence-electron chi connectivity index (χ2n) is 3.49. The third kappa shape index (κ3) is 14.2. The Labute approximate surface area is 175 Å². The van der Waals surface area contributed by atoms with Gasteiger partial charge in [0.15, 0.2) is 0 Å². The molecule has 0 aliphatic heterocycles. The summed E-state index contributed by atoms with van der Waals surface area (Å²) in [5, 5.41) is 27.0. The number of hydrogen-bond acceptors (Lipinski definition) is 11. The van der Waals surface area contributed by atoms with Crippen molar-refractivity contribution in [1.82, 2.24) is 4.98 Å². The van der Waals surface area contributed by atoms with Gasteiger partial charge in [-0.25, -0.2) is 0 Å². The number of phosphoric acid groups is 2. The smallest absolute Gasteiger partial charge is 0.790 e. The molecule has 0 spiro atoms. The molecule has 0 bridgehead atoms. The van der Waals surface area contributed by atoms with Crippen LogP contribution in [0.4, 0.5) is 0 Å². The van der Waals surface area contributed by atoms with Crippen molar-refractivity contribution in [1.29, 1.82) is 0 Å². The zero-order chi connectivity index (χ0) is 16.8. The van der Waals surface area contributed by atoms with E-state index in [1.54, 1.807) is 6.92 Å². The Morgan fingerprint density at radius 3 is 1.75 bits per heavy atom. The molecule has 16 heteroatoms. The minimum Gasteiger partial charge on any atom is -0.790 e. The summed E-state index contributed by atoms with van der Waals surface area (Å²) in [6.07, 6.45) is 1.45. The maximum Gasteiger partial charge on any atom is 2.00 e. The van der Waals surface area contributed by atoms with Crippen molar-refractivity contribution in [3.8, 4) is 5.75 Å². The summed E-state index contributed by atoms with van der Waals surface area (Å²) in [4.78, 5) is 41.1. The molecule has 130 valence electrons. The van der Waals surface area contributed by atoms with Gasteiger partial charge in [-0.1, -0.05) is 0 Å². The summed E-state index contributed by atoms with van der Waals surface area (Å²) >= 11 is 0. The molecule has 1 rings (SSSR count). The number of aliphatic hydroxyl groups is 2. The largest absolute Gasteiger partial charge is 2.00 e. The van der Waals surface area contributed by atoms with Crippen LogP contribution in [0.1, 0.15) is 16.8 Å². The predicted molar refractivity (Wildman–Crippen MR) is 77.5 cm³/mol. The minimum atomic E-state index is -5.68. The van der Waals surface area contributed by atoms with Gasteiger partial charge in [0.1, 0.15) is 5.75 Å². The number of aromatic hydroxyl groups is 1. The van der Waals surface area contributed by atoms with E-state index in [-0.39, 0.29) is 77.5 Å². The van der Waals surface area contributed by atoms with Crippen molar-refractivity contribution in [2.75, 3.05) is 0 Å². The van der Waals surface area contributed by atoms with Crippen molar-refractivity contribution >= 4 is 74.2 Å². The van der Waals surface area contributed by atoms with E-state index in [1.807, 2.05) is 0 Å². The molecule has 1 aromatic heterocycles. The molecule has 0 amide bonds. The van der Waals surface area contributed by atoms with Gasteiger partial charge in [0.05, 0.1) is 34.6 Å². The van der Waals surface area contributed by atoms with E-state index in [0.29, 0.717) is 16.8 Å². The first-order valence-corrected chi connectivity index (χ1v) is 7.97. The average molecular weight is 428 g/mol. The molecule has 0 radical (unpaired) electrons. The third-order valence-corrected chi connectivity index (χ3v) is 3.56. The van der Waals surface area contributed by atoms with Crippen LogP contribution >= 0.6 is 28.1 Å². The zero-order valence-electron chi connectivity index (χ0n) is 12.4. The normalized spacial score (nSPS) is 10.3. The van der Waals surface area contributed by atoms with E-state index < -0.39 is 15.6 Å². The van der Waals surface area contributed by atoms with Crippen LogP contribution in [0.25, 0.3) is 0 Å². The molecule has 0 unspecified atom stereocenters. The molecule has 3 N–H and O–H groups in total. The van der Waals surface area contributed by atoms with Gasteiger partial charge in [-0.2, -0.15) is 0 Å². The molecule has 24 heavy (non-hydrogen) atoms. The maximum atomic E-state index is 9.38. The summed E-state index contributed by atoms with van der Waals surface area (Å²) in [7, 11) is -11.4.